The highest BCUT2D eigenvalue weighted by Gasteiger charge is 2.18. The summed E-state index contributed by atoms with van der Waals surface area (Å²) < 4.78 is 5.49. The van der Waals surface area contributed by atoms with Gasteiger partial charge in [-0.3, -0.25) is 9.59 Å². The first-order valence-corrected chi connectivity index (χ1v) is 42.8. The third-order valence-corrected chi connectivity index (χ3v) is 20.1. The van der Waals surface area contributed by atoms with Crippen molar-refractivity contribution in [3.8, 4) is 0 Å². The predicted octanol–water partition coefficient (Wildman–Crippen LogP) is 28.6. The molecule has 0 fully saturated rings. The molecule has 0 aromatic carbocycles. The minimum Gasteiger partial charge on any atom is -0.466 e. The smallest absolute Gasteiger partial charge is 0.305 e. The van der Waals surface area contributed by atoms with Gasteiger partial charge in [-0.15, -0.1) is 0 Å². The number of rotatable bonds is 81. The third kappa shape index (κ3) is 79.0. The lowest BCUT2D eigenvalue weighted by Crippen LogP contribution is -2.45. The molecule has 0 aromatic heterocycles. The van der Waals surface area contributed by atoms with Crippen molar-refractivity contribution < 1.29 is 24.5 Å². The number of hydrogen-bond donors (Lipinski definition) is 3. The number of nitrogens with one attached hydrogen (secondary N) is 1. The number of ether oxygens (including phenoxy) is 1. The first-order valence-electron chi connectivity index (χ1n) is 42.8. The summed E-state index contributed by atoms with van der Waals surface area (Å²) in [7, 11) is 0. The highest BCUT2D eigenvalue weighted by atomic mass is 16.5. The molecule has 0 aromatic rings. The van der Waals surface area contributed by atoms with E-state index in [1.807, 2.05) is 6.08 Å². The Morgan fingerprint density at radius 1 is 0.301 bits per heavy atom. The van der Waals surface area contributed by atoms with Crippen LogP contribution in [0.4, 0.5) is 0 Å². The van der Waals surface area contributed by atoms with Crippen LogP contribution in [0.1, 0.15) is 483 Å². The lowest BCUT2D eigenvalue weighted by Gasteiger charge is -2.20. The molecule has 6 heteroatoms. The standard InChI is InChI=1S/C87H167NO5/c1-3-5-7-9-11-13-15-17-18-19-20-21-22-40-43-46-49-52-56-59-63-67-71-75-79-85(90)84(83-89)88-86(91)80-76-72-68-64-60-57-53-50-47-44-41-38-36-34-32-30-28-26-24-23-25-27-29-31-33-35-37-39-42-45-48-51-54-58-62-66-70-74-78-82-93-87(92)81-77-73-69-65-61-55-16-14-12-10-8-6-4-2/h8,10,14,16,75,79,84-85,89-90H,3-7,9,11-13,15,17-74,76-78,80-83H2,1-2H3,(H,88,91)/b10-8-,16-14-,79-75+. The average molecular weight is 1310 g/mol. The van der Waals surface area contributed by atoms with Crippen molar-refractivity contribution in [3.05, 3.63) is 36.5 Å². The van der Waals surface area contributed by atoms with E-state index in [2.05, 4.69) is 43.5 Å². The SMILES string of the molecule is CCC/C=C\C/C=C\CCCCCCCC(=O)OCCCCCCCCCCCCCCCCCCCCCCCCCCCCCCCCCCCCCCCCCC(=O)NC(CO)C(O)/C=C/CCCCCCCCCCCCCCCCCCCCCCCC. The molecule has 2 atom stereocenters. The van der Waals surface area contributed by atoms with Gasteiger partial charge in [0.15, 0.2) is 0 Å². The fourth-order valence-electron chi connectivity index (χ4n) is 13.7. The van der Waals surface area contributed by atoms with Crippen LogP contribution < -0.4 is 5.32 Å². The first kappa shape index (κ1) is 91.1. The third-order valence-electron chi connectivity index (χ3n) is 20.1. The second-order valence-corrected chi connectivity index (χ2v) is 29.5. The molecule has 0 saturated carbocycles. The monoisotopic (exact) mass is 1310 g/mol. The Morgan fingerprint density at radius 3 is 0.860 bits per heavy atom. The molecule has 3 N–H and O–H groups in total. The van der Waals surface area contributed by atoms with E-state index < -0.39 is 12.1 Å². The van der Waals surface area contributed by atoms with Crippen molar-refractivity contribution >= 4 is 11.9 Å². The van der Waals surface area contributed by atoms with Gasteiger partial charge in [0.05, 0.1) is 25.4 Å². The Morgan fingerprint density at radius 2 is 0.559 bits per heavy atom. The Bertz CT molecular complexity index is 1510. The van der Waals surface area contributed by atoms with Crippen molar-refractivity contribution in [1.29, 1.82) is 0 Å². The van der Waals surface area contributed by atoms with E-state index in [0.717, 1.165) is 51.4 Å². The van der Waals surface area contributed by atoms with Crippen molar-refractivity contribution in [2.75, 3.05) is 13.2 Å². The zero-order chi connectivity index (χ0) is 67.0. The molecule has 1 amide bonds. The molecular weight excluding hydrogens is 1140 g/mol. The maximum atomic E-state index is 12.6. The second kappa shape index (κ2) is 82.5. The van der Waals surface area contributed by atoms with E-state index in [0.29, 0.717) is 19.4 Å². The van der Waals surface area contributed by atoms with Gasteiger partial charge in [-0.25, -0.2) is 0 Å². The van der Waals surface area contributed by atoms with Gasteiger partial charge in [-0.2, -0.15) is 0 Å². The van der Waals surface area contributed by atoms with Gasteiger partial charge in [0.2, 0.25) is 5.91 Å². The number of esters is 1. The van der Waals surface area contributed by atoms with Gasteiger partial charge >= 0.3 is 5.97 Å². The summed E-state index contributed by atoms with van der Waals surface area (Å²) in [6, 6.07) is -0.625. The summed E-state index contributed by atoms with van der Waals surface area (Å²) in [4.78, 5) is 24.6. The maximum Gasteiger partial charge on any atom is 0.305 e. The van der Waals surface area contributed by atoms with Gasteiger partial charge in [-0.05, 0) is 57.8 Å². The fourth-order valence-corrected chi connectivity index (χ4v) is 13.7. The van der Waals surface area contributed by atoms with Crippen LogP contribution in [0.3, 0.4) is 0 Å². The molecule has 0 spiro atoms. The summed E-state index contributed by atoms with van der Waals surface area (Å²) in [6.07, 6.45) is 109. The number of unbranched alkanes of at least 4 members (excludes halogenated alkanes) is 66. The molecule has 2 unspecified atom stereocenters. The molecular formula is C87H167NO5. The number of aliphatic hydroxyl groups is 2. The van der Waals surface area contributed by atoms with Gasteiger partial charge in [0.25, 0.3) is 0 Å². The van der Waals surface area contributed by atoms with Crippen molar-refractivity contribution in [2.24, 2.45) is 0 Å². The molecule has 0 heterocycles. The minimum atomic E-state index is -0.842. The summed E-state index contributed by atoms with van der Waals surface area (Å²) in [5.74, 6) is -0.0472. The molecule has 0 aliphatic rings. The maximum absolute atomic E-state index is 12.6. The molecule has 0 aliphatic carbocycles. The summed E-state index contributed by atoms with van der Waals surface area (Å²) >= 11 is 0. The minimum absolute atomic E-state index is 0.00912. The molecule has 0 rings (SSSR count). The second-order valence-electron chi connectivity index (χ2n) is 29.5. The molecule has 550 valence electrons. The van der Waals surface area contributed by atoms with Crippen LogP contribution in [0.15, 0.2) is 36.5 Å². The van der Waals surface area contributed by atoms with E-state index in [-0.39, 0.29) is 18.5 Å². The Kier molecular flexibility index (Phi) is 80.8. The lowest BCUT2D eigenvalue weighted by atomic mass is 10.0. The molecule has 0 aliphatic heterocycles. The number of carbonyl (C=O) groups is 2. The number of hydrogen-bond acceptors (Lipinski definition) is 5. The van der Waals surface area contributed by atoms with Crippen LogP contribution >= 0.6 is 0 Å². The topological polar surface area (TPSA) is 95.9 Å². The van der Waals surface area contributed by atoms with Gasteiger partial charge in [-0.1, -0.05) is 448 Å². The highest BCUT2D eigenvalue weighted by Crippen LogP contribution is 2.21. The van der Waals surface area contributed by atoms with Crippen LogP contribution in [0.25, 0.3) is 0 Å². The normalized spacial score (nSPS) is 12.6. The van der Waals surface area contributed by atoms with Crippen molar-refractivity contribution in [1.82, 2.24) is 5.32 Å². The van der Waals surface area contributed by atoms with Crippen LogP contribution in [0.2, 0.25) is 0 Å². The zero-order valence-corrected chi connectivity index (χ0v) is 63.3. The van der Waals surface area contributed by atoms with Crippen LogP contribution in [-0.2, 0) is 14.3 Å². The van der Waals surface area contributed by atoms with Gasteiger partial charge < -0.3 is 20.3 Å². The quantitative estimate of drug-likeness (QED) is 0.0320. The van der Waals surface area contributed by atoms with Gasteiger partial charge in [0, 0.05) is 12.8 Å². The Balaban J connectivity index is 3.32. The first-order chi connectivity index (χ1) is 46.0. The summed E-state index contributed by atoms with van der Waals surface area (Å²) in [5.41, 5.74) is 0. The number of carbonyl (C=O) groups excluding carboxylic acids is 2. The number of aliphatic hydroxyl groups excluding tert-OH is 2. The Hall–Kier alpha value is -1.92. The average Bonchev–Trinajstić information content (AvgIpc) is 3.78. The number of amides is 1. The van der Waals surface area contributed by atoms with E-state index in [1.54, 1.807) is 6.08 Å². The molecule has 0 radical (unpaired) electrons. The predicted molar refractivity (Wildman–Crippen MR) is 412 cm³/mol. The summed E-state index contributed by atoms with van der Waals surface area (Å²) in [6.45, 7) is 4.89. The highest BCUT2D eigenvalue weighted by molar-refractivity contribution is 5.76. The van der Waals surface area contributed by atoms with Crippen molar-refractivity contribution in [3.63, 3.8) is 0 Å². The van der Waals surface area contributed by atoms with Crippen molar-refractivity contribution in [2.45, 2.75) is 495 Å². The van der Waals surface area contributed by atoms with Gasteiger partial charge in [0.1, 0.15) is 0 Å². The van der Waals surface area contributed by atoms with Crippen LogP contribution in [0, 0.1) is 0 Å². The lowest BCUT2D eigenvalue weighted by molar-refractivity contribution is -0.143. The molecule has 93 heavy (non-hydrogen) atoms. The molecule has 0 bridgehead atoms. The molecule has 6 nitrogen and oxygen atoms in total. The number of allylic oxidation sites excluding steroid dienone is 5. The largest absolute Gasteiger partial charge is 0.466 e. The molecule has 0 saturated heterocycles. The fraction of sp³-hybridized carbons (Fsp3) is 0.908. The van der Waals surface area contributed by atoms with E-state index >= 15 is 0 Å². The zero-order valence-electron chi connectivity index (χ0n) is 63.3. The Labute approximate surface area is 583 Å². The van der Waals surface area contributed by atoms with E-state index in [9.17, 15) is 19.8 Å². The van der Waals surface area contributed by atoms with E-state index in [4.69, 9.17) is 4.74 Å². The van der Waals surface area contributed by atoms with Crippen LogP contribution in [0.5, 0.6) is 0 Å². The summed E-state index contributed by atoms with van der Waals surface area (Å²) in [5, 5.41) is 23.3. The van der Waals surface area contributed by atoms with E-state index in [1.165, 1.54) is 405 Å². The van der Waals surface area contributed by atoms with Crippen LogP contribution in [-0.4, -0.2) is 47.4 Å².